The van der Waals surface area contributed by atoms with Crippen molar-refractivity contribution in [3.05, 3.63) is 60.0 Å². The molecule has 134 valence electrons. The average molecular weight is 349 g/mol. The van der Waals surface area contributed by atoms with Gasteiger partial charge in [0.1, 0.15) is 5.52 Å². The minimum Gasteiger partial charge on any atom is -0.361 e. The van der Waals surface area contributed by atoms with Crippen LogP contribution in [0.3, 0.4) is 0 Å². The number of carbonyl (C=O) groups is 1. The third kappa shape index (κ3) is 3.03. The summed E-state index contributed by atoms with van der Waals surface area (Å²) in [5.41, 5.74) is 2.74. The van der Waals surface area contributed by atoms with E-state index in [9.17, 15) is 4.79 Å². The molecule has 1 unspecified atom stereocenters. The van der Waals surface area contributed by atoms with Crippen molar-refractivity contribution in [2.75, 3.05) is 32.1 Å². The second-order valence-corrected chi connectivity index (χ2v) is 7.00. The Morgan fingerprint density at radius 3 is 2.77 bits per heavy atom. The van der Waals surface area contributed by atoms with E-state index in [1.807, 2.05) is 71.0 Å². The molecule has 2 aromatic heterocycles. The van der Waals surface area contributed by atoms with Gasteiger partial charge in [-0.3, -0.25) is 4.79 Å². The average Bonchev–Trinajstić information content (AvgIpc) is 3.16. The van der Waals surface area contributed by atoms with E-state index >= 15 is 0 Å². The van der Waals surface area contributed by atoms with Gasteiger partial charge >= 0.3 is 0 Å². The third-order valence-electron chi connectivity index (χ3n) is 4.96. The van der Waals surface area contributed by atoms with E-state index in [0.717, 1.165) is 42.0 Å². The molecule has 0 saturated carbocycles. The lowest BCUT2D eigenvalue weighted by Crippen LogP contribution is -2.39. The normalized spacial score (nSPS) is 17.5. The molecule has 6 nitrogen and oxygen atoms in total. The van der Waals surface area contributed by atoms with Crippen LogP contribution in [0.5, 0.6) is 0 Å². The summed E-state index contributed by atoms with van der Waals surface area (Å²) >= 11 is 0. The van der Waals surface area contributed by atoms with E-state index in [1.54, 1.807) is 6.20 Å². The SMILES string of the molecule is CN(C)c1nc(C2CCCN(C(=O)c3ccccc3)C2)cn2nccc12. The zero-order chi connectivity index (χ0) is 18.1. The Morgan fingerprint density at radius 1 is 1.19 bits per heavy atom. The fourth-order valence-electron chi connectivity index (χ4n) is 3.62. The molecule has 0 bridgehead atoms. The Morgan fingerprint density at radius 2 is 2.00 bits per heavy atom. The smallest absolute Gasteiger partial charge is 0.253 e. The number of amides is 1. The number of carbonyl (C=O) groups excluding carboxylic acids is 1. The Balaban J connectivity index is 1.62. The van der Waals surface area contributed by atoms with Crippen molar-refractivity contribution in [1.82, 2.24) is 19.5 Å². The quantitative estimate of drug-likeness (QED) is 0.730. The van der Waals surface area contributed by atoms with Gasteiger partial charge in [0.05, 0.1) is 18.1 Å². The lowest BCUT2D eigenvalue weighted by molar-refractivity contribution is 0.0706. The van der Waals surface area contributed by atoms with Gasteiger partial charge in [-0.2, -0.15) is 5.10 Å². The second-order valence-electron chi connectivity index (χ2n) is 7.00. The Hall–Kier alpha value is -2.89. The van der Waals surface area contributed by atoms with E-state index in [2.05, 4.69) is 5.10 Å². The highest BCUT2D eigenvalue weighted by molar-refractivity contribution is 5.94. The maximum atomic E-state index is 12.8. The van der Waals surface area contributed by atoms with Crippen molar-refractivity contribution >= 4 is 17.2 Å². The van der Waals surface area contributed by atoms with E-state index in [4.69, 9.17) is 4.98 Å². The molecule has 1 aliphatic rings. The molecule has 1 atom stereocenters. The zero-order valence-corrected chi connectivity index (χ0v) is 15.2. The predicted octanol–water partition coefficient (Wildman–Crippen LogP) is 2.82. The number of benzene rings is 1. The summed E-state index contributed by atoms with van der Waals surface area (Å²) in [6.45, 7) is 1.50. The molecule has 26 heavy (non-hydrogen) atoms. The van der Waals surface area contributed by atoms with Crippen molar-refractivity contribution in [1.29, 1.82) is 0 Å². The van der Waals surface area contributed by atoms with Gasteiger partial charge in [0.15, 0.2) is 5.82 Å². The van der Waals surface area contributed by atoms with Crippen LogP contribution in [0.15, 0.2) is 48.8 Å². The summed E-state index contributed by atoms with van der Waals surface area (Å²) in [4.78, 5) is 21.7. The highest BCUT2D eigenvalue weighted by atomic mass is 16.2. The first-order valence-corrected chi connectivity index (χ1v) is 8.99. The standard InChI is InChI=1S/C20H23N5O/c1-23(2)19-18-10-11-21-25(18)14-17(22-19)16-9-6-12-24(13-16)20(26)15-7-4-3-5-8-15/h3-5,7-8,10-11,14,16H,6,9,12-13H2,1-2H3. The van der Waals surface area contributed by atoms with Gasteiger partial charge in [-0.15, -0.1) is 0 Å². The van der Waals surface area contributed by atoms with Crippen LogP contribution in [0.4, 0.5) is 5.82 Å². The number of fused-ring (bicyclic) bond motifs is 1. The monoisotopic (exact) mass is 349 g/mol. The number of hydrogen-bond donors (Lipinski definition) is 0. The van der Waals surface area contributed by atoms with Crippen molar-refractivity contribution in [3.63, 3.8) is 0 Å². The number of anilines is 1. The highest BCUT2D eigenvalue weighted by Gasteiger charge is 2.27. The van der Waals surface area contributed by atoms with Crippen LogP contribution >= 0.6 is 0 Å². The number of hydrogen-bond acceptors (Lipinski definition) is 4. The van der Waals surface area contributed by atoms with Crippen molar-refractivity contribution in [2.24, 2.45) is 0 Å². The largest absolute Gasteiger partial charge is 0.361 e. The van der Waals surface area contributed by atoms with Gasteiger partial charge < -0.3 is 9.80 Å². The fraction of sp³-hybridized carbons (Fsp3) is 0.350. The number of rotatable bonds is 3. The summed E-state index contributed by atoms with van der Waals surface area (Å²) in [7, 11) is 3.98. The Bertz CT molecular complexity index is 918. The molecule has 0 spiro atoms. The van der Waals surface area contributed by atoms with Crippen molar-refractivity contribution < 1.29 is 4.79 Å². The maximum Gasteiger partial charge on any atom is 0.253 e. The van der Waals surface area contributed by atoms with Gasteiger partial charge in [0, 0.05) is 38.7 Å². The van der Waals surface area contributed by atoms with Crippen LogP contribution in [-0.4, -0.2) is 52.6 Å². The van der Waals surface area contributed by atoms with E-state index < -0.39 is 0 Å². The first-order chi connectivity index (χ1) is 12.6. The molecule has 0 aliphatic carbocycles. The molecule has 0 radical (unpaired) electrons. The van der Waals surface area contributed by atoms with Crippen molar-refractivity contribution in [3.8, 4) is 0 Å². The summed E-state index contributed by atoms with van der Waals surface area (Å²) in [6.07, 6.45) is 5.81. The van der Waals surface area contributed by atoms with E-state index in [0.29, 0.717) is 6.54 Å². The lowest BCUT2D eigenvalue weighted by atomic mass is 9.94. The second kappa shape index (κ2) is 6.78. The van der Waals surface area contributed by atoms with Gasteiger partial charge in [-0.1, -0.05) is 18.2 Å². The fourth-order valence-corrected chi connectivity index (χ4v) is 3.62. The minimum absolute atomic E-state index is 0.100. The van der Waals surface area contributed by atoms with Crippen LogP contribution in [0, 0.1) is 0 Å². The summed E-state index contributed by atoms with van der Waals surface area (Å²) in [5, 5.41) is 4.39. The van der Waals surface area contributed by atoms with E-state index in [-0.39, 0.29) is 11.8 Å². The van der Waals surface area contributed by atoms with Crippen LogP contribution in [0.25, 0.3) is 5.52 Å². The van der Waals surface area contributed by atoms with E-state index in [1.165, 1.54) is 0 Å². The van der Waals surface area contributed by atoms with Crippen LogP contribution in [0.2, 0.25) is 0 Å². The molecule has 1 saturated heterocycles. The van der Waals surface area contributed by atoms with Gasteiger partial charge in [0.25, 0.3) is 5.91 Å². The molecule has 4 rings (SSSR count). The Labute approximate surface area is 153 Å². The number of piperidine rings is 1. The Kier molecular flexibility index (Phi) is 4.32. The maximum absolute atomic E-state index is 12.8. The molecule has 1 aromatic carbocycles. The molecule has 0 N–H and O–H groups in total. The zero-order valence-electron chi connectivity index (χ0n) is 15.2. The number of nitrogens with zero attached hydrogens (tertiary/aromatic N) is 5. The van der Waals surface area contributed by atoms with Crippen LogP contribution in [0.1, 0.15) is 34.8 Å². The molecule has 6 heteroatoms. The minimum atomic E-state index is 0.100. The van der Waals surface area contributed by atoms with Crippen LogP contribution in [-0.2, 0) is 0 Å². The molecular weight excluding hydrogens is 326 g/mol. The summed E-state index contributed by atoms with van der Waals surface area (Å²) in [5.74, 6) is 1.23. The number of aromatic nitrogens is 3. The molecule has 1 fully saturated rings. The number of likely N-dealkylation sites (tertiary alicyclic amines) is 1. The summed E-state index contributed by atoms with van der Waals surface area (Å²) in [6, 6.07) is 11.5. The van der Waals surface area contributed by atoms with Gasteiger partial charge in [-0.05, 0) is 31.0 Å². The molecule has 3 aromatic rings. The molecule has 3 heterocycles. The predicted molar refractivity (Wildman–Crippen MR) is 102 cm³/mol. The highest BCUT2D eigenvalue weighted by Crippen LogP contribution is 2.29. The molecular formula is C20H23N5O. The lowest BCUT2D eigenvalue weighted by Gasteiger charge is -2.33. The van der Waals surface area contributed by atoms with Crippen molar-refractivity contribution in [2.45, 2.75) is 18.8 Å². The van der Waals surface area contributed by atoms with Gasteiger partial charge in [-0.25, -0.2) is 9.50 Å². The molecule has 1 aliphatic heterocycles. The van der Waals surface area contributed by atoms with Gasteiger partial charge in [0.2, 0.25) is 0 Å². The first-order valence-electron chi connectivity index (χ1n) is 8.99. The van der Waals surface area contributed by atoms with Crippen LogP contribution < -0.4 is 4.90 Å². The molecule has 1 amide bonds. The summed E-state index contributed by atoms with van der Waals surface area (Å²) < 4.78 is 1.88. The first kappa shape index (κ1) is 16.6. The third-order valence-corrected chi connectivity index (χ3v) is 4.96. The topological polar surface area (TPSA) is 53.7 Å².